The van der Waals surface area contributed by atoms with E-state index in [1.807, 2.05) is 0 Å². The van der Waals surface area contributed by atoms with Crippen LogP contribution in [0.3, 0.4) is 0 Å². The van der Waals surface area contributed by atoms with Gasteiger partial charge in [-0.25, -0.2) is 4.79 Å². The van der Waals surface area contributed by atoms with Crippen LogP contribution in [0.1, 0.15) is 112 Å². The minimum Gasteiger partial charge on any atom is -0.508 e. The molecule has 0 fully saturated rings. The number of amides is 10. The van der Waals surface area contributed by atoms with Crippen LogP contribution < -0.4 is 65.1 Å². The van der Waals surface area contributed by atoms with Crippen LogP contribution in [0.4, 0.5) is 0 Å². The van der Waals surface area contributed by atoms with Gasteiger partial charge >= 0.3 is 11.9 Å². The zero-order valence-electron chi connectivity index (χ0n) is 46.3. The molecule has 0 aliphatic rings. The summed E-state index contributed by atoms with van der Waals surface area (Å²) >= 11 is 1.39. The fraction of sp³-hybridized carbons (Fsp3) is 0.647. The Labute approximate surface area is 464 Å². The van der Waals surface area contributed by atoms with Gasteiger partial charge in [0.15, 0.2) is 0 Å². The van der Waals surface area contributed by atoms with Crippen molar-refractivity contribution in [3.05, 3.63) is 29.8 Å². The Hall–Kier alpha value is -7.07. The Kier molecular flexibility index (Phi) is 32.0. The number of carbonyl (C=O) groups is 12. The molecule has 0 heterocycles. The van der Waals surface area contributed by atoms with Gasteiger partial charge in [-0.2, -0.15) is 11.8 Å². The lowest BCUT2D eigenvalue weighted by Gasteiger charge is -2.28. The highest BCUT2D eigenvalue weighted by atomic mass is 32.2. The highest BCUT2D eigenvalue weighted by Gasteiger charge is 2.35. The van der Waals surface area contributed by atoms with Gasteiger partial charge in [-0.05, 0) is 106 Å². The van der Waals surface area contributed by atoms with E-state index in [-0.39, 0.29) is 50.2 Å². The summed E-state index contributed by atoms with van der Waals surface area (Å²) in [6.45, 7) is 10.9. The summed E-state index contributed by atoms with van der Waals surface area (Å²) in [5, 5.41) is 51.5. The molecule has 9 atom stereocenters. The van der Waals surface area contributed by atoms with Crippen LogP contribution in [0.5, 0.6) is 5.75 Å². The van der Waals surface area contributed by atoms with Gasteiger partial charge in [0, 0.05) is 19.3 Å². The first kappa shape index (κ1) is 69.9. The van der Waals surface area contributed by atoms with Crippen molar-refractivity contribution in [1.29, 1.82) is 0 Å². The quantitative estimate of drug-likeness (QED) is 0.0311. The number of nitrogens with one attached hydrogen (secondary N) is 9. The summed E-state index contributed by atoms with van der Waals surface area (Å²) in [6.07, 6.45) is 1.46. The average molecular weight is 1140 g/mol. The number of nitrogens with two attached hydrogens (primary N) is 3. The van der Waals surface area contributed by atoms with Crippen LogP contribution in [-0.2, 0) is 64.0 Å². The Morgan fingerprint density at radius 1 is 0.557 bits per heavy atom. The number of rotatable bonds is 38. The Bertz CT molecular complexity index is 2240. The van der Waals surface area contributed by atoms with Gasteiger partial charge in [0.2, 0.25) is 59.1 Å². The molecule has 0 radical (unpaired) electrons. The highest BCUT2D eigenvalue weighted by molar-refractivity contribution is 7.98. The third-order valence-electron chi connectivity index (χ3n) is 12.2. The number of carbonyl (C=O) groups excluding carboxylic acids is 10. The standard InChI is InChI=1S/C51H84N12O15S/c1-26(2)23-37(51(77)78)61-46(72)33(11-9-10-21-52)57-47(73)35(20-22-79-8)59-50(76)42(28(5)6)63-43(69)29(7)56-49(75)41(27(3)4)62-39(66)25-55-45(71)34(17-19-40(67)68)58-48(74)36(24-30-12-14-31(64)15-13-30)60-44(70)32(53)16-18-38(54)65/h12-15,26-29,32-37,41-42,64H,9-11,16-25,52-53H2,1-8H3,(H2,54,65)(H,55,71)(H,56,75)(H,57,73)(H,58,74)(H,59,76)(H,60,70)(H,61,72)(H,62,66)(H,63,69)(H,67,68)(H,77,78)/t29-,32-,33-,34-,35-,36-,37-,41-,42-/m0/s1. The molecular formula is C51H84N12O15S. The van der Waals surface area contributed by atoms with Gasteiger partial charge in [0.25, 0.3) is 0 Å². The van der Waals surface area contributed by atoms with E-state index in [1.165, 1.54) is 43.0 Å². The van der Waals surface area contributed by atoms with Crippen molar-refractivity contribution in [2.45, 2.75) is 167 Å². The first-order chi connectivity index (χ1) is 37.0. The van der Waals surface area contributed by atoms with E-state index < -0.39 is 157 Å². The fourth-order valence-electron chi connectivity index (χ4n) is 7.59. The largest absolute Gasteiger partial charge is 0.508 e. The summed E-state index contributed by atoms with van der Waals surface area (Å²) in [6, 6.07) is -6.08. The van der Waals surface area contributed by atoms with Crippen molar-refractivity contribution in [2.75, 3.05) is 25.1 Å². The van der Waals surface area contributed by atoms with Crippen molar-refractivity contribution >= 4 is 82.8 Å². The summed E-state index contributed by atoms with van der Waals surface area (Å²) in [5.41, 5.74) is 17.2. The second kappa shape index (κ2) is 36.2. The topological polar surface area (TPSA) is 452 Å². The summed E-state index contributed by atoms with van der Waals surface area (Å²) < 4.78 is 0. The van der Waals surface area contributed by atoms with E-state index in [0.29, 0.717) is 30.7 Å². The van der Waals surface area contributed by atoms with E-state index in [2.05, 4.69) is 47.9 Å². The SMILES string of the molecule is CSCC[C@H](NC(=O)[C@@H](NC(=O)[C@H](C)NC(=O)[C@@H](NC(=O)CNC(=O)[C@H](CCC(=O)O)NC(=O)[C@H](Cc1ccc(O)cc1)NC(=O)[C@@H](N)CCC(N)=O)C(C)C)C(C)C)C(=O)N[C@@H](CCCCN)C(=O)N[C@@H](CC(C)C)C(=O)O. The number of phenols is 1. The maximum atomic E-state index is 13.9. The first-order valence-electron chi connectivity index (χ1n) is 26.2. The molecule has 0 bridgehead atoms. The summed E-state index contributed by atoms with van der Waals surface area (Å²) in [7, 11) is 0. The molecule has 79 heavy (non-hydrogen) atoms. The second-order valence-corrected chi connectivity index (χ2v) is 21.2. The number of primary amides is 1. The minimum atomic E-state index is -1.57. The molecule has 0 aliphatic heterocycles. The molecule has 1 aromatic carbocycles. The van der Waals surface area contributed by atoms with Crippen LogP contribution in [0.15, 0.2) is 24.3 Å². The molecule has 18 N–H and O–H groups in total. The molecule has 1 aromatic rings. The molecule has 1 rings (SSSR count). The number of phenolic OH excluding ortho intramolecular Hbond substituents is 1. The number of aromatic hydroxyl groups is 1. The lowest BCUT2D eigenvalue weighted by atomic mass is 10.0. The zero-order chi connectivity index (χ0) is 60.1. The van der Waals surface area contributed by atoms with Gasteiger partial charge in [0.05, 0.1) is 12.6 Å². The number of thioether (sulfide) groups is 1. The van der Waals surface area contributed by atoms with E-state index >= 15 is 0 Å². The number of carboxylic acids is 2. The van der Waals surface area contributed by atoms with Crippen LogP contribution in [0.2, 0.25) is 0 Å². The number of carboxylic acid groups (broad SMARTS) is 2. The molecule has 444 valence electrons. The lowest BCUT2D eigenvalue weighted by molar-refractivity contribution is -0.143. The molecule has 28 heteroatoms. The normalized spacial score (nSPS) is 14.6. The van der Waals surface area contributed by atoms with E-state index in [9.17, 15) is 72.9 Å². The smallest absolute Gasteiger partial charge is 0.326 e. The molecule has 0 aromatic heterocycles. The number of unbranched alkanes of at least 4 members (excludes halogenated alkanes) is 1. The predicted molar refractivity (Wildman–Crippen MR) is 292 cm³/mol. The number of hydrogen-bond acceptors (Lipinski definition) is 16. The Morgan fingerprint density at radius 2 is 1.06 bits per heavy atom. The third-order valence-corrected chi connectivity index (χ3v) is 12.8. The maximum Gasteiger partial charge on any atom is 0.326 e. The first-order valence-corrected chi connectivity index (χ1v) is 27.6. The van der Waals surface area contributed by atoms with Crippen LogP contribution in [0, 0.1) is 17.8 Å². The minimum absolute atomic E-state index is 0.0656. The highest BCUT2D eigenvalue weighted by Crippen LogP contribution is 2.14. The van der Waals surface area contributed by atoms with E-state index in [0.717, 1.165) is 0 Å². The molecule has 0 saturated heterocycles. The molecule has 0 saturated carbocycles. The predicted octanol–water partition coefficient (Wildman–Crippen LogP) is -2.27. The Balaban J connectivity index is 3.17. The van der Waals surface area contributed by atoms with Crippen LogP contribution in [-0.4, -0.2) is 166 Å². The van der Waals surface area contributed by atoms with Crippen LogP contribution in [0.25, 0.3) is 0 Å². The van der Waals surface area contributed by atoms with Gasteiger partial charge in [-0.1, -0.05) is 53.7 Å². The third kappa shape index (κ3) is 27.4. The van der Waals surface area contributed by atoms with Crippen molar-refractivity contribution in [3.8, 4) is 5.75 Å². The van der Waals surface area contributed by atoms with Gasteiger partial charge < -0.3 is 80.4 Å². The molecule has 0 unspecified atom stereocenters. The van der Waals surface area contributed by atoms with Crippen molar-refractivity contribution < 1.29 is 72.9 Å². The van der Waals surface area contributed by atoms with Gasteiger partial charge in [0.1, 0.15) is 54.1 Å². The van der Waals surface area contributed by atoms with Crippen LogP contribution >= 0.6 is 11.8 Å². The zero-order valence-corrected chi connectivity index (χ0v) is 47.1. The van der Waals surface area contributed by atoms with E-state index in [1.54, 1.807) is 47.8 Å². The molecule has 0 spiro atoms. The number of hydrogen-bond donors (Lipinski definition) is 15. The van der Waals surface area contributed by atoms with E-state index in [4.69, 9.17) is 17.2 Å². The molecule has 0 aliphatic carbocycles. The van der Waals surface area contributed by atoms with Crippen molar-refractivity contribution in [3.63, 3.8) is 0 Å². The van der Waals surface area contributed by atoms with Gasteiger partial charge in [-0.3, -0.25) is 52.7 Å². The average Bonchev–Trinajstić information content (AvgIpc) is 3.37. The number of benzene rings is 1. The van der Waals surface area contributed by atoms with Crippen molar-refractivity contribution in [2.24, 2.45) is 35.0 Å². The van der Waals surface area contributed by atoms with Crippen molar-refractivity contribution in [1.82, 2.24) is 47.9 Å². The molecular weight excluding hydrogens is 1050 g/mol. The second-order valence-electron chi connectivity index (χ2n) is 20.2. The summed E-state index contributed by atoms with van der Waals surface area (Å²) in [5.74, 6) is -11.8. The monoisotopic (exact) mass is 1140 g/mol. The Morgan fingerprint density at radius 3 is 1.58 bits per heavy atom. The fourth-order valence-corrected chi connectivity index (χ4v) is 8.06. The number of aliphatic carboxylic acids is 2. The van der Waals surface area contributed by atoms with Gasteiger partial charge in [-0.15, -0.1) is 0 Å². The molecule has 10 amide bonds. The maximum absolute atomic E-state index is 13.9. The lowest BCUT2D eigenvalue weighted by Crippen LogP contribution is -2.60. The molecule has 27 nitrogen and oxygen atoms in total. The summed E-state index contributed by atoms with van der Waals surface area (Å²) in [4.78, 5) is 157.